The summed E-state index contributed by atoms with van der Waals surface area (Å²) in [5, 5.41) is 9.30. The van der Waals surface area contributed by atoms with Crippen molar-refractivity contribution in [3.8, 4) is 0 Å². The molecule has 6 heteroatoms. The Bertz CT molecular complexity index is 260. The third kappa shape index (κ3) is 3.97. The van der Waals surface area contributed by atoms with Gasteiger partial charge in [0.15, 0.2) is 5.57 Å². The summed E-state index contributed by atoms with van der Waals surface area (Å²) in [6.45, 7) is 3.73. The van der Waals surface area contributed by atoms with E-state index in [1.165, 1.54) is 0 Å². The van der Waals surface area contributed by atoms with E-state index in [1.807, 2.05) is 0 Å². The van der Waals surface area contributed by atoms with Gasteiger partial charge in [-0.2, -0.15) is 0 Å². The van der Waals surface area contributed by atoms with Crippen LogP contribution in [0.4, 0.5) is 0 Å². The van der Waals surface area contributed by atoms with Crippen molar-refractivity contribution >= 4 is 35.0 Å². The molecule has 0 bridgehead atoms. The average Bonchev–Trinajstić information content (AvgIpc) is 2.04. The molecule has 1 N–H and O–H groups in total. The van der Waals surface area contributed by atoms with Gasteiger partial charge in [0.2, 0.25) is 0 Å². The minimum atomic E-state index is -0.738. The van der Waals surface area contributed by atoms with E-state index in [0.29, 0.717) is 0 Å². The van der Waals surface area contributed by atoms with Gasteiger partial charge in [0.05, 0.1) is 17.4 Å². The van der Waals surface area contributed by atoms with Crippen LogP contribution in [0.1, 0.15) is 13.8 Å². The second-order valence-corrected chi connectivity index (χ2v) is 3.30. The quantitative estimate of drug-likeness (QED) is 0.250. The van der Waals surface area contributed by atoms with Gasteiger partial charge in [-0.1, -0.05) is 12.2 Å². The number of carbonyl (C=O) groups excluding carboxylic acids is 1. The summed E-state index contributed by atoms with van der Waals surface area (Å²) < 4.78 is 9.33. The van der Waals surface area contributed by atoms with Crippen molar-refractivity contribution in [2.24, 2.45) is 0 Å². The lowest BCUT2D eigenvalue weighted by Gasteiger charge is -2.07. The van der Waals surface area contributed by atoms with Crippen molar-refractivity contribution in [3.63, 3.8) is 0 Å². The maximum atomic E-state index is 11.2. The van der Waals surface area contributed by atoms with Gasteiger partial charge >= 0.3 is 5.97 Å². The predicted molar refractivity (Wildman–Crippen MR) is 59.5 cm³/mol. The lowest BCUT2D eigenvalue weighted by Crippen LogP contribution is -2.15. The molecule has 0 rings (SSSR count). The molecule has 0 heterocycles. The number of carbonyl (C=O) groups is 1. The normalized spacial score (nSPS) is 11.6. The number of hydrogen-bond acceptors (Lipinski definition) is 5. The molecule has 4 nitrogen and oxygen atoms in total. The first-order valence-corrected chi connectivity index (χ1v) is 4.86. The van der Waals surface area contributed by atoms with Crippen molar-refractivity contribution in [2.75, 3.05) is 13.2 Å². The Morgan fingerprint density at radius 2 is 1.86 bits per heavy atom. The molecule has 0 aliphatic heterocycles. The largest absolute Gasteiger partial charge is 0.480 e. The van der Waals surface area contributed by atoms with Gasteiger partial charge in [0, 0.05) is 0 Å². The van der Waals surface area contributed by atoms with Gasteiger partial charge in [-0.05, 0) is 13.8 Å². The number of rotatable bonds is 5. The Labute approximate surface area is 93.3 Å². The molecule has 80 valence electrons. The van der Waals surface area contributed by atoms with Gasteiger partial charge in [-0.3, -0.25) is 0 Å². The van der Waals surface area contributed by atoms with Crippen molar-refractivity contribution in [3.05, 3.63) is 11.5 Å². The molecular weight excluding hydrogens is 224 g/mol. The van der Waals surface area contributed by atoms with Gasteiger partial charge in [-0.25, -0.2) is 4.79 Å². The summed E-state index contributed by atoms with van der Waals surface area (Å²) in [6.07, 6.45) is 0. The molecule has 0 saturated heterocycles. The second kappa shape index (κ2) is 6.67. The molecular formula is C8H12O4S2. The molecule has 0 fully saturated rings. The van der Waals surface area contributed by atoms with E-state index in [2.05, 4.69) is 29.6 Å². The molecule has 0 aliphatic rings. The molecule has 0 aliphatic carbocycles. The molecule has 0 spiro atoms. The van der Waals surface area contributed by atoms with Crippen LogP contribution < -0.4 is 0 Å². The van der Waals surface area contributed by atoms with E-state index in [0.717, 1.165) is 0 Å². The van der Waals surface area contributed by atoms with Crippen LogP contribution in [-0.4, -0.2) is 28.5 Å². The number of esters is 1. The smallest absolute Gasteiger partial charge is 0.347 e. The van der Waals surface area contributed by atoms with Crippen molar-refractivity contribution in [2.45, 2.75) is 13.8 Å². The summed E-state index contributed by atoms with van der Waals surface area (Å²) in [6, 6.07) is 0. The van der Waals surface area contributed by atoms with Gasteiger partial charge in [0.25, 0.3) is 5.95 Å². The summed E-state index contributed by atoms with van der Waals surface area (Å²) >= 11 is 8.45. The number of ether oxygens (including phenoxy) is 2. The van der Waals surface area contributed by atoms with Crippen LogP contribution in [0, 0.1) is 0 Å². The lowest BCUT2D eigenvalue weighted by molar-refractivity contribution is -0.138. The highest BCUT2D eigenvalue weighted by Crippen LogP contribution is 2.11. The van der Waals surface area contributed by atoms with Crippen LogP contribution in [-0.2, 0) is 14.3 Å². The van der Waals surface area contributed by atoms with Crippen LogP contribution in [0.2, 0.25) is 0 Å². The van der Waals surface area contributed by atoms with Crippen LogP contribution >= 0.6 is 24.8 Å². The third-order valence-corrected chi connectivity index (χ3v) is 1.62. The molecule has 0 aromatic carbocycles. The Kier molecular flexibility index (Phi) is 6.31. The lowest BCUT2D eigenvalue weighted by atomic mass is 10.3. The highest BCUT2D eigenvalue weighted by molar-refractivity contribution is 8.12. The summed E-state index contributed by atoms with van der Waals surface area (Å²) in [5.74, 6) is -1.29. The number of hydrogen-bond donors (Lipinski definition) is 2. The van der Waals surface area contributed by atoms with Crippen LogP contribution in [0.25, 0.3) is 0 Å². The fourth-order valence-electron chi connectivity index (χ4n) is 0.678. The summed E-state index contributed by atoms with van der Waals surface area (Å²) in [5.41, 5.74) is -0.216. The van der Waals surface area contributed by atoms with E-state index in [9.17, 15) is 9.90 Å². The fraction of sp³-hybridized carbons (Fsp3) is 0.500. The van der Waals surface area contributed by atoms with E-state index in [1.54, 1.807) is 13.8 Å². The molecule has 0 amide bonds. The number of aliphatic hydroxyl groups is 1. The maximum Gasteiger partial charge on any atom is 0.347 e. The first-order valence-electron chi connectivity index (χ1n) is 4.01. The number of aliphatic hydroxyl groups excluding tert-OH is 1. The monoisotopic (exact) mass is 236 g/mol. The van der Waals surface area contributed by atoms with Gasteiger partial charge in [-0.15, -0.1) is 12.6 Å². The molecule has 0 aromatic rings. The average molecular weight is 236 g/mol. The number of thiol groups is 1. The van der Waals surface area contributed by atoms with E-state index >= 15 is 0 Å². The van der Waals surface area contributed by atoms with Crippen molar-refractivity contribution in [1.82, 2.24) is 0 Å². The van der Waals surface area contributed by atoms with E-state index < -0.39 is 11.9 Å². The van der Waals surface area contributed by atoms with Gasteiger partial charge in [0.1, 0.15) is 0 Å². The van der Waals surface area contributed by atoms with Crippen LogP contribution in [0.3, 0.4) is 0 Å². The standard InChI is InChI=1S/C8H12O4S2/c1-3-11-6(9)5(8(13)14)7(10)12-4-2/h9H,3-4H2,1-2H3,(H,13,14). The molecule has 0 radical (unpaired) electrons. The van der Waals surface area contributed by atoms with Crippen molar-refractivity contribution in [1.29, 1.82) is 0 Å². The topological polar surface area (TPSA) is 55.8 Å². The summed E-state index contributed by atoms with van der Waals surface area (Å²) in [7, 11) is 0. The van der Waals surface area contributed by atoms with E-state index in [-0.39, 0.29) is 23.0 Å². The first kappa shape index (κ1) is 13.2. The zero-order valence-electron chi connectivity index (χ0n) is 7.94. The Balaban J connectivity index is 4.83. The maximum absolute atomic E-state index is 11.2. The Hall–Kier alpha value is -0.750. The summed E-state index contributed by atoms with van der Waals surface area (Å²) in [4.78, 5) is 11.2. The number of thiocarbonyl (C=S) groups is 1. The third-order valence-electron chi connectivity index (χ3n) is 1.19. The van der Waals surface area contributed by atoms with Crippen LogP contribution in [0.5, 0.6) is 0 Å². The first-order chi connectivity index (χ1) is 6.54. The zero-order valence-corrected chi connectivity index (χ0v) is 9.65. The SMILES string of the molecule is CCOC(=O)C(C(=S)S)=C(O)OCC. The highest BCUT2D eigenvalue weighted by Gasteiger charge is 2.20. The molecule has 14 heavy (non-hydrogen) atoms. The zero-order chi connectivity index (χ0) is 11.1. The Morgan fingerprint density at radius 1 is 1.36 bits per heavy atom. The molecule has 0 saturated carbocycles. The van der Waals surface area contributed by atoms with Crippen LogP contribution in [0.15, 0.2) is 11.5 Å². The minimum absolute atomic E-state index is 0.0607. The highest BCUT2D eigenvalue weighted by atomic mass is 32.1. The Morgan fingerprint density at radius 3 is 2.21 bits per heavy atom. The minimum Gasteiger partial charge on any atom is -0.480 e. The van der Waals surface area contributed by atoms with E-state index in [4.69, 9.17) is 4.74 Å². The molecule has 0 aromatic heterocycles. The van der Waals surface area contributed by atoms with Gasteiger partial charge < -0.3 is 14.6 Å². The molecule has 0 atom stereocenters. The second-order valence-electron chi connectivity index (χ2n) is 2.14. The fourth-order valence-corrected chi connectivity index (χ4v) is 1.04. The molecule has 0 unspecified atom stereocenters. The predicted octanol–water partition coefficient (Wildman–Crippen LogP) is 1.61. The van der Waals surface area contributed by atoms with Crippen molar-refractivity contribution < 1.29 is 19.4 Å².